The SMILES string of the molecule is COCCC1(CNC(=NCc2nnc(C)n2C)NC2CCCC2)CCC1. The molecule has 2 N–H and O–H groups in total. The summed E-state index contributed by atoms with van der Waals surface area (Å²) in [5.74, 6) is 2.73. The van der Waals surface area contributed by atoms with Crippen molar-refractivity contribution in [3.05, 3.63) is 11.6 Å². The number of guanidine groups is 1. The van der Waals surface area contributed by atoms with Crippen LogP contribution in [0.15, 0.2) is 4.99 Å². The van der Waals surface area contributed by atoms with Crippen LogP contribution in [0.2, 0.25) is 0 Å². The molecule has 0 saturated heterocycles. The Morgan fingerprint density at radius 2 is 2.04 bits per heavy atom. The molecule has 146 valence electrons. The van der Waals surface area contributed by atoms with Crippen molar-refractivity contribution in [2.75, 3.05) is 20.3 Å². The standard InChI is InChI=1S/C19H34N6O/c1-15-23-24-17(25(15)2)13-20-18(22-16-7-4-5-8-16)21-14-19(9-6-10-19)11-12-26-3/h16H,4-14H2,1-3H3,(H2,20,21,22). The minimum atomic E-state index is 0.371. The van der Waals surface area contributed by atoms with E-state index in [0.717, 1.165) is 37.2 Å². The van der Waals surface area contributed by atoms with Crippen molar-refractivity contribution >= 4 is 5.96 Å². The van der Waals surface area contributed by atoms with Gasteiger partial charge >= 0.3 is 0 Å². The zero-order valence-electron chi connectivity index (χ0n) is 16.6. The van der Waals surface area contributed by atoms with E-state index in [1.165, 1.54) is 44.9 Å². The van der Waals surface area contributed by atoms with E-state index >= 15 is 0 Å². The summed E-state index contributed by atoms with van der Waals surface area (Å²) in [4.78, 5) is 4.81. The maximum atomic E-state index is 5.32. The van der Waals surface area contributed by atoms with E-state index in [1.54, 1.807) is 7.11 Å². The van der Waals surface area contributed by atoms with Crippen LogP contribution >= 0.6 is 0 Å². The number of aliphatic imine (C=N–C) groups is 1. The van der Waals surface area contributed by atoms with Crippen LogP contribution in [0, 0.1) is 12.3 Å². The molecule has 1 aromatic rings. The van der Waals surface area contributed by atoms with E-state index in [0.29, 0.717) is 18.0 Å². The molecule has 2 aliphatic carbocycles. The molecule has 1 heterocycles. The lowest BCUT2D eigenvalue weighted by Gasteiger charge is -2.42. The lowest BCUT2D eigenvalue weighted by molar-refractivity contribution is 0.0732. The van der Waals surface area contributed by atoms with E-state index in [9.17, 15) is 0 Å². The number of aromatic nitrogens is 3. The molecule has 0 bridgehead atoms. The average molecular weight is 363 g/mol. The van der Waals surface area contributed by atoms with Gasteiger partial charge in [-0.25, -0.2) is 4.99 Å². The number of rotatable bonds is 8. The highest BCUT2D eigenvalue weighted by Crippen LogP contribution is 2.43. The summed E-state index contributed by atoms with van der Waals surface area (Å²) < 4.78 is 7.32. The van der Waals surface area contributed by atoms with Gasteiger partial charge in [0.05, 0.1) is 0 Å². The zero-order chi connectivity index (χ0) is 18.4. The molecule has 0 aliphatic heterocycles. The first-order valence-electron chi connectivity index (χ1n) is 10.0. The Morgan fingerprint density at radius 1 is 1.27 bits per heavy atom. The fraction of sp³-hybridized carbons (Fsp3) is 0.842. The van der Waals surface area contributed by atoms with Crippen LogP contribution < -0.4 is 10.6 Å². The third kappa shape index (κ3) is 4.75. The molecule has 2 fully saturated rings. The Kier molecular flexibility index (Phi) is 6.51. The van der Waals surface area contributed by atoms with Crippen LogP contribution in [-0.4, -0.2) is 47.0 Å². The fourth-order valence-corrected chi connectivity index (χ4v) is 3.94. The van der Waals surface area contributed by atoms with Crippen molar-refractivity contribution in [1.29, 1.82) is 0 Å². The third-order valence-electron chi connectivity index (χ3n) is 6.14. The molecule has 7 heteroatoms. The van der Waals surface area contributed by atoms with Crippen molar-refractivity contribution in [1.82, 2.24) is 25.4 Å². The second-order valence-corrected chi connectivity index (χ2v) is 7.96. The highest BCUT2D eigenvalue weighted by atomic mass is 16.5. The van der Waals surface area contributed by atoms with Gasteiger partial charge < -0.3 is 19.9 Å². The van der Waals surface area contributed by atoms with E-state index in [4.69, 9.17) is 9.73 Å². The van der Waals surface area contributed by atoms with Gasteiger partial charge in [0, 0.05) is 33.4 Å². The summed E-state index contributed by atoms with van der Waals surface area (Å²) in [6.45, 7) is 4.31. The Hall–Kier alpha value is -1.63. The molecule has 3 rings (SSSR count). The molecule has 7 nitrogen and oxygen atoms in total. The molecule has 0 unspecified atom stereocenters. The van der Waals surface area contributed by atoms with Gasteiger partial charge in [-0.15, -0.1) is 10.2 Å². The maximum Gasteiger partial charge on any atom is 0.191 e. The second-order valence-electron chi connectivity index (χ2n) is 7.96. The van der Waals surface area contributed by atoms with Crippen molar-refractivity contribution in [2.24, 2.45) is 17.5 Å². The van der Waals surface area contributed by atoms with Crippen molar-refractivity contribution in [3.63, 3.8) is 0 Å². The average Bonchev–Trinajstić information content (AvgIpc) is 3.22. The number of nitrogens with zero attached hydrogens (tertiary/aromatic N) is 4. The summed E-state index contributed by atoms with van der Waals surface area (Å²) in [6, 6.07) is 0.541. The molecule has 0 amide bonds. The van der Waals surface area contributed by atoms with Crippen LogP contribution in [-0.2, 0) is 18.3 Å². The van der Waals surface area contributed by atoms with Crippen molar-refractivity contribution in [2.45, 2.75) is 70.9 Å². The Labute approximate surface area is 157 Å². The summed E-state index contributed by atoms with van der Waals surface area (Å²) in [5, 5.41) is 15.6. The lowest BCUT2D eigenvalue weighted by atomic mass is 9.67. The van der Waals surface area contributed by atoms with Crippen molar-refractivity contribution in [3.8, 4) is 0 Å². The van der Waals surface area contributed by atoms with E-state index in [-0.39, 0.29) is 0 Å². The maximum absolute atomic E-state index is 5.32. The van der Waals surface area contributed by atoms with Gasteiger partial charge in [0.15, 0.2) is 11.8 Å². The highest BCUT2D eigenvalue weighted by Gasteiger charge is 2.36. The van der Waals surface area contributed by atoms with E-state index in [2.05, 4.69) is 20.8 Å². The van der Waals surface area contributed by atoms with Gasteiger partial charge in [-0.2, -0.15) is 0 Å². The lowest BCUT2D eigenvalue weighted by Crippen LogP contribution is -2.49. The molecule has 2 saturated carbocycles. The van der Waals surface area contributed by atoms with Gasteiger partial charge in [0.25, 0.3) is 0 Å². The van der Waals surface area contributed by atoms with Crippen LogP contribution in [0.4, 0.5) is 0 Å². The summed E-state index contributed by atoms with van der Waals surface area (Å²) in [6.07, 6.45) is 10.1. The number of aryl methyl sites for hydroxylation is 1. The third-order valence-corrected chi connectivity index (χ3v) is 6.14. The quantitative estimate of drug-likeness (QED) is 0.548. The van der Waals surface area contributed by atoms with Gasteiger partial charge in [0.2, 0.25) is 0 Å². The predicted molar refractivity (Wildman–Crippen MR) is 103 cm³/mol. The van der Waals surface area contributed by atoms with Crippen LogP contribution in [0.1, 0.15) is 63.0 Å². The Morgan fingerprint density at radius 3 is 2.62 bits per heavy atom. The van der Waals surface area contributed by atoms with Gasteiger partial charge in [-0.1, -0.05) is 19.3 Å². The smallest absolute Gasteiger partial charge is 0.191 e. The second kappa shape index (κ2) is 8.84. The molecular formula is C19H34N6O. The summed E-state index contributed by atoms with van der Waals surface area (Å²) >= 11 is 0. The minimum absolute atomic E-state index is 0.371. The molecular weight excluding hydrogens is 328 g/mol. The van der Waals surface area contributed by atoms with Gasteiger partial charge in [-0.05, 0) is 44.4 Å². The van der Waals surface area contributed by atoms with Crippen molar-refractivity contribution < 1.29 is 4.74 Å². The minimum Gasteiger partial charge on any atom is -0.385 e. The molecule has 0 spiro atoms. The van der Waals surface area contributed by atoms with Crippen LogP contribution in [0.3, 0.4) is 0 Å². The molecule has 1 aromatic heterocycles. The first kappa shape index (κ1) is 19.1. The molecule has 0 radical (unpaired) electrons. The molecule has 0 atom stereocenters. The zero-order valence-corrected chi connectivity index (χ0v) is 16.6. The topological polar surface area (TPSA) is 76.4 Å². The number of hydrogen-bond donors (Lipinski definition) is 2. The number of ether oxygens (including phenoxy) is 1. The Bertz CT molecular complexity index is 601. The number of nitrogens with one attached hydrogen (secondary N) is 2. The number of hydrogen-bond acceptors (Lipinski definition) is 4. The first-order valence-corrected chi connectivity index (χ1v) is 10.0. The first-order chi connectivity index (χ1) is 12.6. The predicted octanol–water partition coefficient (Wildman–Crippen LogP) is 2.31. The summed E-state index contributed by atoms with van der Waals surface area (Å²) in [5.41, 5.74) is 0.371. The monoisotopic (exact) mass is 362 g/mol. The van der Waals surface area contributed by atoms with Crippen LogP contribution in [0.5, 0.6) is 0 Å². The Balaban J connectivity index is 1.62. The normalized spacial score (nSPS) is 20.2. The van der Waals surface area contributed by atoms with E-state index in [1.807, 2.05) is 18.5 Å². The molecule has 0 aromatic carbocycles. The largest absolute Gasteiger partial charge is 0.385 e. The van der Waals surface area contributed by atoms with Gasteiger partial charge in [-0.3, -0.25) is 0 Å². The highest BCUT2D eigenvalue weighted by molar-refractivity contribution is 5.80. The van der Waals surface area contributed by atoms with E-state index < -0.39 is 0 Å². The fourth-order valence-electron chi connectivity index (χ4n) is 3.94. The molecule has 26 heavy (non-hydrogen) atoms. The summed E-state index contributed by atoms with van der Waals surface area (Å²) in [7, 11) is 3.78. The van der Waals surface area contributed by atoms with Gasteiger partial charge in [0.1, 0.15) is 12.4 Å². The van der Waals surface area contributed by atoms with Crippen LogP contribution in [0.25, 0.3) is 0 Å². The molecule has 2 aliphatic rings. The number of methoxy groups -OCH3 is 1.